The molecule has 0 spiro atoms. The lowest BCUT2D eigenvalue weighted by Gasteiger charge is -2.39. The van der Waals surface area contributed by atoms with Crippen molar-refractivity contribution in [1.29, 1.82) is 0 Å². The van der Waals surface area contributed by atoms with Crippen molar-refractivity contribution in [2.75, 3.05) is 0 Å². The first kappa shape index (κ1) is 15.3. The van der Waals surface area contributed by atoms with Crippen LogP contribution < -0.4 is 0 Å². The summed E-state index contributed by atoms with van der Waals surface area (Å²) in [5, 5.41) is 54.5. The number of hydrogen-bond acceptors (Lipinski definition) is 7. The van der Waals surface area contributed by atoms with Crippen molar-refractivity contribution < 1.29 is 49.8 Å². The van der Waals surface area contributed by atoms with Gasteiger partial charge in [-0.1, -0.05) is 0 Å². The van der Waals surface area contributed by atoms with E-state index in [4.69, 9.17) is 15.3 Å². The maximum Gasteiger partial charge on any atom is 0.335 e. The molecule has 0 aromatic heterocycles. The van der Waals surface area contributed by atoms with Gasteiger partial charge in [0.15, 0.2) is 12.0 Å². The fourth-order valence-corrected chi connectivity index (χ4v) is 1.77. The molecule has 19 heavy (non-hydrogen) atoms. The van der Waals surface area contributed by atoms with Gasteiger partial charge in [0.1, 0.15) is 24.4 Å². The van der Waals surface area contributed by atoms with Crippen LogP contribution in [0.15, 0.2) is 0 Å². The van der Waals surface area contributed by atoms with Crippen LogP contribution in [-0.2, 0) is 19.1 Å². The van der Waals surface area contributed by atoms with E-state index in [9.17, 15) is 29.7 Å². The normalized spacial score (nSPS) is 35.1. The van der Waals surface area contributed by atoms with E-state index in [-0.39, 0.29) is 0 Å². The Balaban J connectivity index is 3.08. The Morgan fingerprint density at radius 3 is 1.68 bits per heavy atom. The summed E-state index contributed by atoms with van der Waals surface area (Å²) in [6, 6.07) is 0. The van der Waals surface area contributed by atoms with Gasteiger partial charge in [0, 0.05) is 0 Å². The highest BCUT2D eigenvalue weighted by atomic mass is 16.6. The second-order valence-electron chi connectivity index (χ2n) is 3.99. The second-order valence-corrected chi connectivity index (χ2v) is 3.99. The van der Waals surface area contributed by atoms with Crippen LogP contribution in [0.1, 0.15) is 0 Å². The lowest BCUT2D eigenvalue weighted by molar-refractivity contribution is -0.240. The minimum Gasteiger partial charge on any atom is -0.481 e. The Morgan fingerprint density at radius 1 is 0.842 bits per heavy atom. The van der Waals surface area contributed by atoms with Gasteiger partial charge in [-0.15, -0.1) is 0 Å². The van der Waals surface area contributed by atoms with Crippen molar-refractivity contribution in [3.63, 3.8) is 0 Å². The van der Waals surface area contributed by atoms with Crippen LogP contribution in [0, 0.1) is 5.92 Å². The standard InChI is InChI=1S/C9H12O10/c10-2-3(11)5(1(7(13)14)8(15)16)19-6(4(2)12)9(17)18/h1-6,10-12H,(H,13,14)(H,15,16)(H,17,18). The van der Waals surface area contributed by atoms with Crippen molar-refractivity contribution in [2.24, 2.45) is 5.92 Å². The molecule has 1 saturated heterocycles. The van der Waals surface area contributed by atoms with Gasteiger partial charge in [-0.2, -0.15) is 0 Å². The predicted octanol–water partition coefficient (Wildman–Crippen LogP) is -3.29. The largest absolute Gasteiger partial charge is 0.481 e. The van der Waals surface area contributed by atoms with Gasteiger partial charge in [0.05, 0.1) is 0 Å². The summed E-state index contributed by atoms with van der Waals surface area (Å²) < 4.78 is 4.61. The number of carbonyl (C=O) groups is 3. The zero-order valence-corrected chi connectivity index (χ0v) is 9.28. The summed E-state index contributed by atoms with van der Waals surface area (Å²) in [7, 11) is 0. The van der Waals surface area contributed by atoms with Gasteiger partial charge in [0.2, 0.25) is 0 Å². The van der Waals surface area contributed by atoms with Crippen LogP contribution in [0.5, 0.6) is 0 Å². The van der Waals surface area contributed by atoms with Crippen molar-refractivity contribution in [2.45, 2.75) is 30.5 Å². The summed E-state index contributed by atoms with van der Waals surface area (Å²) in [5.74, 6) is -7.74. The number of aliphatic hydroxyl groups excluding tert-OH is 3. The molecule has 1 heterocycles. The van der Waals surface area contributed by atoms with E-state index in [2.05, 4.69) is 4.74 Å². The molecule has 10 heteroatoms. The highest BCUT2D eigenvalue weighted by Gasteiger charge is 2.52. The number of aliphatic hydroxyl groups is 3. The summed E-state index contributed by atoms with van der Waals surface area (Å²) >= 11 is 0. The van der Waals surface area contributed by atoms with E-state index in [1.165, 1.54) is 0 Å². The van der Waals surface area contributed by atoms with Crippen LogP contribution in [0.2, 0.25) is 0 Å². The molecule has 1 aliphatic rings. The van der Waals surface area contributed by atoms with Gasteiger partial charge in [0.25, 0.3) is 0 Å². The minimum atomic E-state index is -2.28. The molecule has 0 radical (unpaired) electrons. The molecular weight excluding hydrogens is 268 g/mol. The molecular formula is C9H12O10. The average Bonchev–Trinajstić information content (AvgIpc) is 2.28. The van der Waals surface area contributed by atoms with Gasteiger partial charge in [-0.25, -0.2) is 4.79 Å². The molecule has 5 unspecified atom stereocenters. The zero-order valence-electron chi connectivity index (χ0n) is 9.28. The van der Waals surface area contributed by atoms with E-state index < -0.39 is 54.3 Å². The summed E-state index contributed by atoms with van der Waals surface area (Å²) in [5.41, 5.74) is 0. The van der Waals surface area contributed by atoms with E-state index in [1.807, 2.05) is 0 Å². The van der Waals surface area contributed by atoms with Crippen LogP contribution in [-0.4, -0.2) is 79.1 Å². The van der Waals surface area contributed by atoms with Gasteiger partial charge in [-0.3, -0.25) is 9.59 Å². The number of aliphatic carboxylic acids is 3. The quantitative estimate of drug-likeness (QED) is 0.285. The first-order valence-corrected chi connectivity index (χ1v) is 5.06. The van der Waals surface area contributed by atoms with Crippen molar-refractivity contribution in [1.82, 2.24) is 0 Å². The third-order valence-corrected chi connectivity index (χ3v) is 2.75. The monoisotopic (exact) mass is 280 g/mol. The predicted molar refractivity (Wildman–Crippen MR) is 53.1 cm³/mol. The lowest BCUT2D eigenvalue weighted by atomic mass is 9.87. The molecule has 0 amide bonds. The number of ether oxygens (including phenoxy) is 1. The molecule has 1 aliphatic heterocycles. The summed E-state index contributed by atoms with van der Waals surface area (Å²) in [6.45, 7) is 0. The van der Waals surface area contributed by atoms with Gasteiger partial charge < -0.3 is 35.4 Å². The third kappa shape index (κ3) is 2.81. The second kappa shape index (κ2) is 5.48. The zero-order chi connectivity index (χ0) is 14.9. The maximum atomic E-state index is 10.8. The molecule has 0 saturated carbocycles. The maximum absolute atomic E-state index is 10.8. The molecule has 0 bridgehead atoms. The first-order valence-electron chi connectivity index (χ1n) is 5.06. The summed E-state index contributed by atoms with van der Waals surface area (Å²) in [4.78, 5) is 32.3. The fourth-order valence-electron chi connectivity index (χ4n) is 1.77. The number of hydrogen-bond donors (Lipinski definition) is 6. The van der Waals surface area contributed by atoms with Crippen molar-refractivity contribution in [3.05, 3.63) is 0 Å². The van der Waals surface area contributed by atoms with E-state index in [0.717, 1.165) is 0 Å². The molecule has 6 N–H and O–H groups in total. The van der Waals surface area contributed by atoms with Gasteiger partial charge in [-0.05, 0) is 0 Å². The molecule has 1 fully saturated rings. The number of carboxylic acid groups (broad SMARTS) is 3. The SMILES string of the molecule is O=C(O)C1OC(C(C(=O)O)C(=O)O)C(O)C(O)C1O. The highest BCUT2D eigenvalue weighted by Crippen LogP contribution is 2.26. The van der Waals surface area contributed by atoms with E-state index in [0.29, 0.717) is 0 Å². The van der Waals surface area contributed by atoms with Crippen LogP contribution in [0.4, 0.5) is 0 Å². The average molecular weight is 280 g/mol. The van der Waals surface area contributed by atoms with Gasteiger partial charge >= 0.3 is 17.9 Å². The Hall–Kier alpha value is -1.75. The van der Waals surface area contributed by atoms with Crippen LogP contribution in [0.3, 0.4) is 0 Å². The van der Waals surface area contributed by atoms with Crippen LogP contribution in [0.25, 0.3) is 0 Å². The fraction of sp³-hybridized carbons (Fsp3) is 0.667. The Kier molecular flexibility index (Phi) is 4.42. The molecule has 108 valence electrons. The van der Waals surface area contributed by atoms with E-state index in [1.54, 1.807) is 0 Å². The molecule has 0 aliphatic carbocycles. The van der Waals surface area contributed by atoms with E-state index >= 15 is 0 Å². The Bertz CT molecular complexity index is 378. The molecule has 1 rings (SSSR count). The lowest BCUT2D eigenvalue weighted by Crippen LogP contribution is -2.63. The first-order chi connectivity index (χ1) is 8.68. The third-order valence-electron chi connectivity index (χ3n) is 2.75. The summed E-state index contributed by atoms with van der Waals surface area (Å²) in [6.07, 6.45) is -10.1. The highest BCUT2D eigenvalue weighted by molar-refractivity contribution is 5.93. The number of rotatable bonds is 4. The van der Waals surface area contributed by atoms with Crippen molar-refractivity contribution >= 4 is 17.9 Å². The Labute approximate surface area is 105 Å². The molecule has 10 nitrogen and oxygen atoms in total. The minimum absolute atomic E-state index is 1.72. The van der Waals surface area contributed by atoms with Crippen molar-refractivity contribution in [3.8, 4) is 0 Å². The smallest absolute Gasteiger partial charge is 0.335 e. The number of carboxylic acids is 3. The topological polar surface area (TPSA) is 182 Å². The molecule has 0 aromatic carbocycles. The molecule has 0 aromatic rings. The van der Waals surface area contributed by atoms with Crippen LogP contribution >= 0.6 is 0 Å². The molecule has 5 atom stereocenters. The Morgan fingerprint density at radius 2 is 1.32 bits per heavy atom.